The Labute approximate surface area is 130 Å². The number of carbonyl (C=O) groups excluding carboxylic acids is 1. The number of fused-ring (bicyclic) bond motifs is 1. The minimum absolute atomic E-state index is 0.124. The van der Waals surface area contributed by atoms with E-state index in [-0.39, 0.29) is 24.8 Å². The number of carbonyl (C=O) groups is 1. The molecule has 1 aromatic carbocycles. The van der Waals surface area contributed by atoms with Gasteiger partial charge in [0.05, 0.1) is 25.9 Å². The van der Waals surface area contributed by atoms with Gasteiger partial charge >= 0.3 is 0 Å². The van der Waals surface area contributed by atoms with E-state index in [1.54, 1.807) is 19.4 Å². The Morgan fingerprint density at radius 1 is 1.45 bits per heavy atom. The molecule has 0 bridgehead atoms. The summed E-state index contributed by atoms with van der Waals surface area (Å²) in [5.41, 5.74) is 1.52. The van der Waals surface area contributed by atoms with Gasteiger partial charge < -0.3 is 19.6 Å². The summed E-state index contributed by atoms with van der Waals surface area (Å²) in [5, 5.41) is 13.5. The van der Waals surface area contributed by atoms with Gasteiger partial charge in [-0.1, -0.05) is 20.3 Å². The summed E-state index contributed by atoms with van der Waals surface area (Å²) in [6, 6.07) is 5.52. The number of amides is 1. The standard InChI is InChI=1S/C17H23NO4/c1-4-11(2)15(19)9-18-17(20)7-12-10-22-16-8-13(21-3)5-6-14(12)16/h5-6,8,10-11,15,19H,4,7,9H2,1-3H3,(H,18,20). The van der Waals surface area contributed by atoms with Crippen molar-refractivity contribution in [2.24, 2.45) is 5.92 Å². The van der Waals surface area contributed by atoms with Crippen molar-refractivity contribution in [3.8, 4) is 5.75 Å². The quantitative estimate of drug-likeness (QED) is 0.824. The van der Waals surface area contributed by atoms with Crippen molar-refractivity contribution in [2.45, 2.75) is 32.8 Å². The molecule has 22 heavy (non-hydrogen) atoms. The SMILES string of the molecule is CCC(C)C(O)CNC(=O)Cc1coc2cc(OC)ccc12. The minimum Gasteiger partial charge on any atom is -0.497 e. The number of methoxy groups -OCH3 is 1. The Morgan fingerprint density at radius 3 is 2.91 bits per heavy atom. The van der Waals surface area contributed by atoms with Crippen LogP contribution in [0.3, 0.4) is 0 Å². The van der Waals surface area contributed by atoms with E-state index in [9.17, 15) is 9.90 Å². The fourth-order valence-electron chi connectivity index (χ4n) is 2.25. The number of hydrogen-bond acceptors (Lipinski definition) is 4. The molecule has 0 spiro atoms. The van der Waals surface area contributed by atoms with Crippen molar-refractivity contribution >= 4 is 16.9 Å². The molecule has 2 N–H and O–H groups in total. The second-order valence-corrected chi connectivity index (χ2v) is 5.56. The van der Waals surface area contributed by atoms with Crippen LogP contribution in [0.4, 0.5) is 0 Å². The van der Waals surface area contributed by atoms with Crippen molar-refractivity contribution in [1.29, 1.82) is 0 Å². The molecule has 0 radical (unpaired) electrons. The lowest BCUT2D eigenvalue weighted by Crippen LogP contribution is -2.36. The fourth-order valence-corrected chi connectivity index (χ4v) is 2.25. The van der Waals surface area contributed by atoms with Crippen molar-refractivity contribution in [3.05, 3.63) is 30.0 Å². The summed E-state index contributed by atoms with van der Waals surface area (Å²) in [7, 11) is 1.60. The van der Waals surface area contributed by atoms with E-state index < -0.39 is 6.10 Å². The third-order valence-corrected chi connectivity index (χ3v) is 4.02. The van der Waals surface area contributed by atoms with Crippen molar-refractivity contribution in [2.75, 3.05) is 13.7 Å². The molecule has 0 aliphatic carbocycles. The van der Waals surface area contributed by atoms with E-state index in [0.29, 0.717) is 5.58 Å². The first-order valence-electron chi connectivity index (χ1n) is 7.54. The van der Waals surface area contributed by atoms with E-state index in [1.807, 2.05) is 26.0 Å². The lowest BCUT2D eigenvalue weighted by molar-refractivity contribution is -0.121. The Hall–Kier alpha value is -2.01. The topological polar surface area (TPSA) is 71.7 Å². The molecule has 2 atom stereocenters. The second-order valence-electron chi connectivity index (χ2n) is 5.56. The van der Waals surface area contributed by atoms with Gasteiger partial charge in [-0.15, -0.1) is 0 Å². The zero-order chi connectivity index (χ0) is 16.1. The van der Waals surface area contributed by atoms with Crippen molar-refractivity contribution in [1.82, 2.24) is 5.32 Å². The highest BCUT2D eigenvalue weighted by Gasteiger charge is 2.15. The summed E-state index contributed by atoms with van der Waals surface area (Å²) in [5.74, 6) is 0.762. The molecular formula is C17H23NO4. The number of benzene rings is 1. The lowest BCUT2D eigenvalue weighted by Gasteiger charge is -2.17. The van der Waals surface area contributed by atoms with E-state index in [1.165, 1.54) is 0 Å². The second kappa shape index (κ2) is 7.31. The molecule has 1 heterocycles. The molecule has 0 saturated carbocycles. The molecule has 2 unspecified atom stereocenters. The third kappa shape index (κ3) is 3.80. The number of aliphatic hydroxyl groups is 1. The Morgan fingerprint density at radius 2 is 2.23 bits per heavy atom. The third-order valence-electron chi connectivity index (χ3n) is 4.02. The minimum atomic E-state index is -0.515. The van der Waals surface area contributed by atoms with Crippen LogP contribution in [0, 0.1) is 5.92 Å². The predicted molar refractivity (Wildman–Crippen MR) is 84.9 cm³/mol. The van der Waals surface area contributed by atoms with Crippen molar-refractivity contribution < 1.29 is 19.1 Å². The van der Waals surface area contributed by atoms with Crippen LogP contribution in [0.1, 0.15) is 25.8 Å². The van der Waals surface area contributed by atoms with Crippen LogP contribution in [-0.4, -0.2) is 30.8 Å². The van der Waals surface area contributed by atoms with E-state index in [2.05, 4.69) is 5.32 Å². The summed E-state index contributed by atoms with van der Waals surface area (Å²) in [4.78, 5) is 12.0. The van der Waals surface area contributed by atoms with Crippen LogP contribution in [-0.2, 0) is 11.2 Å². The first-order chi connectivity index (χ1) is 10.5. The Kier molecular flexibility index (Phi) is 5.44. The Balaban J connectivity index is 1.97. The summed E-state index contributed by atoms with van der Waals surface area (Å²) >= 11 is 0. The lowest BCUT2D eigenvalue weighted by atomic mass is 10.0. The highest BCUT2D eigenvalue weighted by Crippen LogP contribution is 2.25. The Bertz CT molecular complexity index is 635. The van der Waals surface area contributed by atoms with Crippen LogP contribution in [0.25, 0.3) is 11.0 Å². The first-order valence-corrected chi connectivity index (χ1v) is 7.54. The van der Waals surface area contributed by atoms with Gasteiger partial charge in [-0.05, 0) is 18.1 Å². The van der Waals surface area contributed by atoms with Gasteiger partial charge in [0, 0.05) is 23.6 Å². The number of ether oxygens (including phenoxy) is 1. The molecule has 2 rings (SSSR count). The van der Waals surface area contributed by atoms with Gasteiger partial charge in [-0.3, -0.25) is 4.79 Å². The molecule has 2 aromatic rings. The predicted octanol–water partition coefficient (Wildman–Crippen LogP) is 2.51. The van der Waals surface area contributed by atoms with Gasteiger partial charge in [0.25, 0.3) is 0 Å². The van der Waals surface area contributed by atoms with Crippen LogP contribution in [0.15, 0.2) is 28.9 Å². The molecule has 5 nitrogen and oxygen atoms in total. The molecule has 5 heteroatoms. The average Bonchev–Trinajstić information content (AvgIpc) is 2.93. The summed E-state index contributed by atoms with van der Waals surface area (Å²) in [6.07, 6.45) is 2.19. The smallest absolute Gasteiger partial charge is 0.224 e. The molecule has 0 aliphatic heterocycles. The largest absolute Gasteiger partial charge is 0.497 e. The summed E-state index contributed by atoms with van der Waals surface area (Å²) in [6.45, 7) is 4.26. The van der Waals surface area contributed by atoms with Gasteiger partial charge in [-0.2, -0.15) is 0 Å². The highest BCUT2D eigenvalue weighted by molar-refractivity contribution is 5.88. The maximum absolute atomic E-state index is 12.0. The first kappa shape index (κ1) is 16.4. The van der Waals surface area contributed by atoms with Gasteiger partial charge in [0.15, 0.2) is 0 Å². The molecule has 0 fully saturated rings. The normalized spacial score (nSPS) is 13.8. The number of aliphatic hydroxyl groups excluding tert-OH is 1. The highest BCUT2D eigenvalue weighted by atomic mass is 16.5. The maximum atomic E-state index is 12.0. The van der Waals surface area contributed by atoms with Gasteiger partial charge in [0.1, 0.15) is 11.3 Å². The number of hydrogen-bond donors (Lipinski definition) is 2. The van der Waals surface area contributed by atoms with Gasteiger partial charge in [-0.25, -0.2) is 0 Å². The molecule has 1 amide bonds. The van der Waals surface area contributed by atoms with Crippen LogP contribution >= 0.6 is 0 Å². The van der Waals surface area contributed by atoms with Crippen LogP contribution in [0.2, 0.25) is 0 Å². The summed E-state index contributed by atoms with van der Waals surface area (Å²) < 4.78 is 10.6. The number of nitrogens with one attached hydrogen (secondary N) is 1. The van der Waals surface area contributed by atoms with E-state index >= 15 is 0 Å². The van der Waals surface area contributed by atoms with E-state index in [0.717, 1.165) is 23.1 Å². The molecular weight excluding hydrogens is 282 g/mol. The molecule has 0 aliphatic rings. The van der Waals surface area contributed by atoms with Crippen molar-refractivity contribution in [3.63, 3.8) is 0 Å². The average molecular weight is 305 g/mol. The molecule has 0 saturated heterocycles. The maximum Gasteiger partial charge on any atom is 0.224 e. The van der Waals surface area contributed by atoms with Crippen LogP contribution < -0.4 is 10.1 Å². The van der Waals surface area contributed by atoms with Crippen LogP contribution in [0.5, 0.6) is 5.75 Å². The zero-order valence-corrected chi connectivity index (χ0v) is 13.3. The number of rotatable bonds is 7. The zero-order valence-electron chi connectivity index (χ0n) is 13.3. The molecule has 1 aromatic heterocycles. The van der Waals surface area contributed by atoms with Gasteiger partial charge in [0.2, 0.25) is 5.91 Å². The molecule has 120 valence electrons. The number of furan rings is 1. The fraction of sp³-hybridized carbons (Fsp3) is 0.471. The van der Waals surface area contributed by atoms with E-state index in [4.69, 9.17) is 9.15 Å². The monoisotopic (exact) mass is 305 g/mol.